The van der Waals surface area contributed by atoms with Crippen molar-refractivity contribution in [3.05, 3.63) is 0 Å². The minimum absolute atomic E-state index is 0.0388. The Morgan fingerprint density at radius 2 is 2.00 bits per heavy atom. The van der Waals surface area contributed by atoms with Gasteiger partial charge in [-0.2, -0.15) is 0 Å². The van der Waals surface area contributed by atoms with Gasteiger partial charge in [-0.05, 0) is 20.3 Å². The summed E-state index contributed by atoms with van der Waals surface area (Å²) in [6.07, 6.45) is 1.92. The molecule has 1 amide bonds. The second kappa shape index (κ2) is 6.81. The maximum Gasteiger partial charge on any atom is 0.235 e. The van der Waals surface area contributed by atoms with Gasteiger partial charge in [-0.25, -0.2) is 0 Å². The molecule has 5 heteroatoms. The molecular formula is C11H22N2O2S. The zero-order chi connectivity index (χ0) is 12.8. The SMILES string of the molecule is CCCCN(CCO)C(=O)C(C)(C)C(N)=S. The third-order valence-electron chi connectivity index (χ3n) is 2.59. The Balaban J connectivity index is 4.65. The molecule has 0 radical (unpaired) electrons. The Labute approximate surface area is 103 Å². The number of nitrogens with zero attached hydrogens (tertiary/aromatic N) is 1. The van der Waals surface area contributed by atoms with Crippen molar-refractivity contribution in [3.63, 3.8) is 0 Å². The average molecular weight is 246 g/mol. The van der Waals surface area contributed by atoms with Gasteiger partial charge < -0.3 is 15.7 Å². The molecule has 4 nitrogen and oxygen atoms in total. The number of hydrogen-bond acceptors (Lipinski definition) is 3. The Kier molecular flexibility index (Phi) is 6.52. The summed E-state index contributed by atoms with van der Waals surface area (Å²) in [7, 11) is 0. The van der Waals surface area contributed by atoms with E-state index in [0.717, 1.165) is 12.8 Å². The van der Waals surface area contributed by atoms with Crippen LogP contribution in [0.15, 0.2) is 0 Å². The second-order valence-electron chi connectivity index (χ2n) is 4.36. The third kappa shape index (κ3) is 4.06. The second-order valence-corrected chi connectivity index (χ2v) is 4.80. The molecule has 0 spiro atoms. The summed E-state index contributed by atoms with van der Waals surface area (Å²) in [5.41, 5.74) is 4.72. The van der Waals surface area contributed by atoms with E-state index in [1.807, 2.05) is 0 Å². The predicted molar refractivity (Wildman–Crippen MR) is 69.1 cm³/mol. The minimum atomic E-state index is -0.835. The molecule has 0 atom stereocenters. The van der Waals surface area contributed by atoms with Crippen molar-refractivity contribution in [3.8, 4) is 0 Å². The lowest BCUT2D eigenvalue weighted by Crippen LogP contribution is -2.48. The van der Waals surface area contributed by atoms with E-state index in [1.54, 1.807) is 18.7 Å². The summed E-state index contributed by atoms with van der Waals surface area (Å²) in [6.45, 7) is 6.43. The smallest absolute Gasteiger partial charge is 0.235 e. The molecule has 0 aromatic rings. The predicted octanol–water partition coefficient (Wildman–Crippen LogP) is 0.920. The number of hydrogen-bond donors (Lipinski definition) is 2. The number of carbonyl (C=O) groups is 1. The zero-order valence-corrected chi connectivity index (χ0v) is 11.1. The molecular weight excluding hydrogens is 224 g/mol. The van der Waals surface area contributed by atoms with Crippen molar-refractivity contribution in [2.45, 2.75) is 33.6 Å². The summed E-state index contributed by atoms with van der Waals surface area (Å²) in [6, 6.07) is 0. The minimum Gasteiger partial charge on any atom is -0.395 e. The fraction of sp³-hybridized carbons (Fsp3) is 0.818. The first kappa shape index (κ1) is 15.3. The van der Waals surface area contributed by atoms with Gasteiger partial charge in [0.1, 0.15) is 0 Å². The molecule has 0 bridgehead atoms. The van der Waals surface area contributed by atoms with Crippen molar-refractivity contribution in [1.29, 1.82) is 0 Å². The molecule has 0 rings (SSSR count). The average Bonchev–Trinajstić information content (AvgIpc) is 2.22. The lowest BCUT2D eigenvalue weighted by molar-refractivity contribution is -0.137. The van der Waals surface area contributed by atoms with Gasteiger partial charge in [0.2, 0.25) is 5.91 Å². The molecule has 3 N–H and O–H groups in total. The summed E-state index contributed by atoms with van der Waals surface area (Å²) >= 11 is 4.89. The molecule has 0 fully saturated rings. The topological polar surface area (TPSA) is 66.6 Å². The lowest BCUT2D eigenvalue weighted by Gasteiger charge is -2.30. The largest absolute Gasteiger partial charge is 0.395 e. The van der Waals surface area contributed by atoms with E-state index in [1.165, 1.54) is 0 Å². The van der Waals surface area contributed by atoms with Gasteiger partial charge in [-0.3, -0.25) is 4.79 Å². The Hall–Kier alpha value is -0.680. The number of carbonyl (C=O) groups excluding carboxylic acids is 1. The summed E-state index contributed by atoms with van der Waals surface area (Å²) in [4.78, 5) is 14.0. The van der Waals surface area contributed by atoms with E-state index in [4.69, 9.17) is 23.1 Å². The van der Waals surface area contributed by atoms with Crippen molar-refractivity contribution < 1.29 is 9.90 Å². The molecule has 0 aliphatic heterocycles. The monoisotopic (exact) mass is 246 g/mol. The Bertz CT molecular complexity index is 254. The first-order valence-electron chi connectivity index (χ1n) is 5.58. The van der Waals surface area contributed by atoms with Gasteiger partial charge in [0.05, 0.1) is 17.0 Å². The van der Waals surface area contributed by atoms with Crippen LogP contribution >= 0.6 is 12.2 Å². The van der Waals surface area contributed by atoms with Crippen LogP contribution in [0.5, 0.6) is 0 Å². The standard InChI is InChI=1S/C11H22N2O2S/c1-4-5-6-13(7-8-14)10(15)11(2,3)9(12)16/h14H,4-8H2,1-3H3,(H2,12,16). The zero-order valence-electron chi connectivity index (χ0n) is 10.3. The van der Waals surface area contributed by atoms with E-state index >= 15 is 0 Å². The summed E-state index contributed by atoms with van der Waals surface area (Å²) in [5, 5.41) is 8.93. The molecule has 0 aromatic carbocycles. The van der Waals surface area contributed by atoms with Crippen LogP contribution in [0.25, 0.3) is 0 Å². The van der Waals surface area contributed by atoms with E-state index in [0.29, 0.717) is 13.1 Å². The fourth-order valence-corrected chi connectivity index (χ4v) is 1.37. The first-order valence-corrected chi connectivity index (χ1v) is 5.98. The summed E-state index contributed by atoms with van der Waals surface area (Å²) in [5.74, 6) is -0.109. The molecule has 0 aromatic heterocycles. The number of rotatable bonds is 7. The maximum atomic E-state index is 12.1. The Morgan fingerprint density at radius 1 is 1.44 bits per heavy atom. The van der Waals surface area contributed by atoms with Gasteiger partial charge in [-0.1, -0.05) is 25.6 Å². The van der Waals surface area contributed by atoms with Crippen LogP contribution in [0.2, 0.25) is 0 Å². The normalized spacial score (nSPS) is 11.2. The lowest BCUT2D eigenvalue weighted by atomic mass is 9.91. The van der Waals surface area contributed by atoms with E-state index in [2.05, 4.69) is 6.92 Å². The highest BCUT2D eigenvalue weighted by Crippen LogP contribution is 2.19. The molecule has 0 aliphatic carbocycles. The summed E-state index contributed by atoms with van der Waals surface area (Å²) < 4.78 is 0. The van der Waals surface area contributed by atoms with Gasteiger partial charge in [0, 0.05) is 13.1 Å². The highest BCUT2D eigenvalue weighted by atomic mass is 32.1. The van der Waals surface area contributed by atoms with Crippen molar-refractivity contribution in [2.75, 3.05) is 19.7 Å². The molecule has 0 unspecified atom stereocenters. The molecule has 0 aliphatic rings. The van der Waals surface area contributed by atoms with Crippen LogP contribution in [0.3, 0.4) is 0 Å². The number of aliphatic hydroxyl groups is 1. The van der Waals surface area contributed by atoms with Gasteiger partial charge >= 0.3 is 0 Å². The molecule has 94 valence electrons. The number of aliphatic hydroxyl groups excluding tert-OH is 1. The Morgan fingerprint density at radius 3 is 2.38 bits per heavy atom. The highest BCUT2D eigenvalue weighted by molar-refractivity contribution is 7.80. The van der Waals surface area contributed by atoms with Gasteiger partial charge in [0.25, 0.3) is 0 Å². The molecule has 0 heterocycles. The third-order valence-corrected chi connectivity index (χ3v) is 3.10. The number of unbranched alkanes of at least 4 members (excludes halogenated alkanes) is 1. The van der Waals surface area contributed by atoms with Crippen LogP contribution in [0, 0.1) is 5.41 Å². The highest BCUT2D eigenvalue weighted by Gasteiger charge is 2.34. The van der Waals surface area contributed by atoms with Crippen molar-refractivity contribution in [2.24, 2.45) is 11.1 Å². The van der Waals surface area contributed by atoms with E-state index < -0.39 is 5.41 Å². The molecule has 0 saturated carbocycles. The van der Waals surface area contributed by atoms with Crippen LogP contribution < -0.4 is 5.73 Å². The fourth-order valence-electron chi connectivity index (χ4n) is 1.29. The number of nitrogens with two attached hydrogens (primary N) is 1. The van der Waals surface area contributed by atoms with Crippen molar-refractivity contribution in [1.82, 2.24) is 4.90 Å². The van der Waals surface area contributed by atoms with Crippen LogP contribution in [0.4, 0.5) is 0 Å². The van der Waals surface area contributed by atoms with Gasteiger partial charge in [0.15, 0.2) is 0 Å². The van der Waals surface area contributed by atoms with E-state index in [9.17, 15) is 4.79 Å². The maximum absolute atomic E-state index is 12.1. The number of amides is 1. The first-order chi connectivity index (χ1) is 7.37. The van der Waals surface area contributed by atoms with Crippen LogP contribution in [-0.2, 0) is 4.79 Å². The van der Waals surface area contributed by atoms with Gasteiger partial charge in [-0.15, -0.1) is 0 Å². The van der Waals surface area contributed by atoms with E-state index in [-0.39, 0.29) is 17.5 Å². The van der Waals surface area contributed by atoms with Crippen molar-refractivity contribution >= 4 is 23.1 Å². The van der Waals surface area contributed by atoms with Crippen LogP contribution in [-0.4, -0.2) is 40.6 Å². The molecule has 0 saturated heterocycles. The quantitative estimate of drug-likeness (QED) is 0.656. The number of thiocarbonyl (C=S) groups is 1. The van der Waals surface area contributed by atoms with Crippen LogP contribution in [0.1, 0.15) is 33.6 Å². The molecule has 16 heavy (non-hydrogen) atoms.